The molecule has 120 valence electrons. The zero-order valence-electron chi connectivity index (χ0n) is 13.5. The topological polar surface area (TPSA) is 26.3 Å². The third-order valence-corrected chi connectivity index (χ3v) is 3.66. The highest BCUT2D eigenvalue weighted by Crippen LogP contribution is 2.11. The summed E-state index contributed by atoms with van der Waals surface area (Å²) in [7, 11) is 0. The van der Waals surface area contributed by atoms with E-state index in [9.17, 15) is 4.79 Å². The average molecular weight is 303 g/mol. The minimum Gasteiger partial charge on any atom is -0.466 e. The maximum Gasteiger partial charge on any atom is 0.306 e. The van der Waals surface area contributed by atoms with E-state index in [2.05, 4.69) is 19.6 Å². The molecule has 20 heavy (non-hydrogen) atoms. The van der Waals surface area contributed by atoms with Gasteiger partial charge in [-0.3, -0.25) is 4.79 Å². The number of esters is 1. The lowest BCUT2D eigenvalue weighted by molar-refractivity contribution is -0.143. The Balaban J connectivity index is 3.08. The molecule has 0 fully saturated rings. The number of hydrogen-bond acceptors (Lipinski definition) is 3. The maximum absolute atomic E-state index is 11.3. The summed E-state index contributed by atoms with van der Waals surface area (Å²) >= 11 is 4.17. The van der Waals surface area contributed by atoms with Gasteiger partial charge in [0.1, 0.15) is 0 Å². The van der Waals surface area contributed by atoms with Crippen LogP contribution >= 0.6 is 12.6 Å². The summed E-state index contributed by atoms with van der Waals surface area (Å²) in [5.74, 6) is -0.112. The first kappa shape index (κ1) is 19.8. The van der Waals surface area contributed by atoms with Crippen molar-refractivity contribution in [3.8, 4) is 0 Å². The molecule has 0 aromatic heterocycles. The van der Waals surface area contributed by atoms with Gasteiger partial charge in [0.2, 0.25) is 0 Å². The highest BCUT2D eigenvalue weighted by molar-refractivity contribution is 7.80. The van der Waals surface area contributed by atoms with Gasteiger partial charge in [-0.1, -0.05) is 78.1 Å². The number of carbonyl (C=O) groups is 1. The second-order valence-corrected chi connectivity index (χ2v) is 6.69. The largest absolute Gasteiger partial charge is 0.466 e. The molecule has 0 aliphatic carbocycles. The molecule has 0 radical (unpaired) electrons. The van der Waals surface area contributed by atoms with Gasteiger partial charge in [-0.15, -0.1) is 0 Å². The fraction of sp³-hybridized carbons (Fsp3) is 0.941. The SMILES string of the molecule is CCCCCCCCCCCCCOC(=O)CC(C)S. The summed E-state index contributed by atoms with van der Waals surface area (Å²) < 4.78 is 5.15. The number of thiol groups is 1. The lowest BCUT2D eigenvalue weighted by Gasteiger charge is -2.06. The highest BCUT2D eigenvalue weighted by Gasteiger charge is 2.05. The average Bonchev–Trinajstić information content (AvgIpc) is 2.39. The van der Waals surface area contributed by atoms with Gasteiger partial charge in [0.25, 0.3) is 0 Å². The fourth-order valence-corrected chi connectivity index (χ4v) is 2.40. The molecule has 0 bridgehead atoms. The number of unbranched alkanes of at least 4 members (excludes halogenated alkanes) is 10. The second-order valence-electron chi connectivity index (χ2n) is 5.81. The van der Waals surface area contributed by atoms with Crippen LogP contribution in [-0.4, -0.2) is 17.8 Å². The molecule has 0 saturated heterocycles. The summed E-state index contributed by atoms with van der Waals surface area (Å²) in [5, 5.41) is 0.0971. The van der Waals surface area contributed by atoms with Crippen LogP contribution in [0.4, 0.5) is 0 Å². The number of ether oxygens (including phenoxy) is 1. The third kappa shape index (κ3) is 15.9. The predicted molar refractivity (Wildman–Crippen MR) is 90.5 cm³/mol. The first-order chi connectivity index (χ1) is 9.66. The number of hydrogen-bond donors (Lipinski definition) is 1. The Morgan fingerprint density at radius 3 is 1.80 bits per heavy atom. The number of rotatable bonds is 14. The van der Waals surface area contributed by atoms with E-state index in [-0.39, 0.29) is 11.2 Å². The first-order valence-corrected chi connectivity index (χ1v) is 9.02. The second kappa shape index (κ2) is 15.2. The van der Waals surface area contributed by atoms with Gasteiger partial charge in [-0.2, -0.15) is 12.6 Å². The molecule has 0 amide bonds. The summed E-state index contributed by atoms with van der Waals surface area (Å²) in [5.41, 5.74) is 0. The minimum atomic E-state index is -0.112. The summed E-state index contributed by atoms with van der Waals surface area (Å²) in [6.45, 7) is 4.75. The van der Waals surface area contributed by atoms with E-state index in [1.54, 1.807) is 0 Å². The van der Waals surface area contributed by atoms with E-state index in [4.69, 9.17) is 4.74 Å². The standard InChI is InChI=1S/C17H34O2S/c1-3-4-5-6-7-8-9-10-11-12-13-14-19-17(18)15-16(2)20/h16,20H,3-15H2,1-2H3. The van der Waals surface area contributed by atoms with E-state index < -0.39 is 0 Å². The summed E-state index contributed by atoms with van der Waals surface area (Å²) in [6.07, 6.45) is 14.9. The molecule has 0 spiro atoms. The first-order valence-electron chi connectivity index (χ1n) is 8.50. The zero-order valence-corrected chi connectivity index (χ0v) is 14.4. The van der Waals surface area contributed by atoms with E-state index in [1.165, 1.54) is 64.2 Å². The van der Waals surface area contributed by atoms with Crippen LogP contribution < -0.4 is 0 Å². The minimum absolute atomic E-state index is 0.0971. The monoisotopic (exact) mass is 302 g/mol. The molecule has 1 atom stereocenters. The van der Waals surface area contributed by atoms with Crippen LogP contribution in [0.5, 0.6) is 0 Å². The van der Waals surface area contributed by atoms with Crippen LogP contribution in [-0.2, 0) is 9.53 Å². The van der Waals surface area contributed by atoms with Gasteiger partial charge < -0.3 is 4.74 Å². The van der Waals surface area contributed by atoms with Gasteiger partial charge >= 0.3 is 5.97 Å². The van der Waals surface area contributed by atoms with E-state index in [0.29, 0.717) is 13.0 Å². The summed E-state index contributed by atoms with van der Waals surface area (Å²) in [4.78, 5) is 11.3. The van der Waals surface area contributed by atoms with Crippen molar-refractivity contribution >= 4 is 18.6 Å². The van der Waals surface area contributed by atoms with E-state index in [0.717, 1.165) is 6.42 Å². The molecule has 2 nitrogen and oxygen atoms in total. The van der Waals surface area contributed by atoms with Crippen molar-refractivity contribution in [2.45, 2.75) is 96.1 Å². The Morgan fingerprint density at radius 1 is 0.900 bits per heavy atom. The Morgan fingerprint density at radius 2 is 1.35 bits per heavy atom. The maximum atomic E-state index is 11.3. The van der Waals surface area contributed by atoms with Gasteiger partial charge in [0.05, 0.1) is 13.0 Å². The van der Waals surface area contributed by atoms with Gasteiger partial charge in [-0.05, 0) is 6.42 Å². The fourth-order valence-electron chi connectivity index (χ4n) is 2.25. The van der Waals surface area contributed by atoms with Crippen LogP contribution in [0.15, 0.2) is 0 Å². The van der Waals surface area contributed by atoms with Crippen LogP contribution in [0.1, 0.15) is 90.9 Å². The van der Waals surface area contributed by atoms with Crippen molar-refractivity contribution in [1.29, 1.82) is 0 Å². The molecule has 0 aromatic rings. The zero-order chi connectivity index (χ0) is 15.1. The van der Waals surface area contributed by atoms with Gasteiger partial charge in [0.15, 0.2) is 0 Å². The molecule has 0 aliphatic rings. The van der Waals surface area contributed by atoms with Gasteiger partial charge in [0, 0.05) is 5.25 Å². The van der Waals surface area contributed by atoms with Crippen LogP contribution in [0, 0.1) is 0 Å². The molecule has 0 aliphatic heterocycles. The predicted octanol–water partition coefficient (Wildman–Crippen LogP) is 5.55. The molecule has 0 saturated carbocycles. The molecular formula is C17H34O2S. The normalized spacial score (nSPS) is 12.3. The van der Waals surface area contributed by atoms with E-state index >= 15 is 0 Å². The molecule has 0 N–H and O–H groups in total. The smallest absolute Gasteiger partial charge is 0.306 e. The van der Waals surface area contributed by atoms with Gasteiger partial charge in [-0.25, -0.2) is 0 Å². The Kier molecular flexibility index (Phi) is 15.1. The summed E-state index contributed by atoms with van der Waals surface area (Å²) in [6, 6.07) is 0. The van der Waals surface area contributed by atoms with Crippen LogP contribution in [0.3, 0.4) is 0 Å². The van der Waals surface area contributed by atoms with Crippen molar-refractivity contribution in [1.82, 2.24) is 0 Å². The molecule has 1 unspecified atom stereocenters. The lowest BCUT2D eigenvalue weighted by Crippen LogP contribution is -2.10. The third-order valence-electron chi connectivity index (χ3n) is 3.47. The Hall–Kier alpha value is -0.180. The quantitative estimate of drug-likeness (QED) is 0.259. The molecular weight excluding hydrogens is 268 g/mol. The molecule has 0 aromatic carbocycles. The van der Waals surface area contributed by atoms with Crippen LogP contribution in [0.25, 0.3) is 0 Å². The number of carbonyl (C=O) groups excluding carboxylic acids is 1. The van der Waals surface area contributed by atoms with Crippen molar-refractivity contribution < 1.29 is 9.53 Å². The lowest BCUT2D eigenvalue weighted by atomic mass is 10.1. The molecule has 0 rings (SSSR count). The van der Waals surface area contributed by atoms with Crippen molar-refractivity contribution in [3.05, 3.63) is 0 Å². The highest BCUT2D eigenvalue weighted by atomic mass is 32.1. The van der Waals surface area contributed by atoms with Crippen molar-refractivity contribution in [3.63, 3.8) is 0 Å². The Bertz CT molecular complexity index is 217. The van der Waals surface area contributed by atoms with Crippen molar-refractivity contribution in [2.75, 3.05) is 6.61 Å². The van der Waals surface area contributed by atoms with Crippen molar-refractivity contribution in [2.24, 2.45) is 0 Å². The Labute approximate surface area is 131 Å². The molecule has 3 heteroatoms. The van der Waals surface area contributed by atoms with E-state index in [1.807, 2.05) is 6.92 Å². The van der Waals surface area contributed by atoms with Crippen LogP contribution in [0.2, 0.25) is 0 Å². The molecule has 0 heterocycles.